The lowest BCUT2D eigenvalue weighted by atomic mass is 9.83. The van der Waals surface area contributed by atoms with Gasteiger partial charge in [-0.25, -0.2) is 0 Å². The fourth-order valence-electron chi connectivity index (χ4n) is 2.50. The van der Waals surface area contributed by atoms with E-state index in [-0.39, 0.29) is 17.7 Å². The van der Waals surface area contributed by atoms with Crippen LogP contribution in [0.1, 0.15) is 24.0 Å². The molecule has 0 spiro atoms. The summed E-state index contributed by atoms with van der Waals surface area (Å²) in [6.07, 6.45) is 0. The van der Waals surface area contributed by atoms with Gasteiger partial charge in [-0.2, -0.15) is 0 Å². The van der Waals surface area contributed by atoms with Gasteiger partial charge >= 0.3 is 0 Å². The number of hydrogen-bond acceptors (Lipinski definition) is 2. The number of hydrogen-bond donors (Lipinski definition) is 1. The van der Waals surface area contributed by atoms with Crippen molar-refractivity contribution in [3.63, 3.8) is 0 Å². The maximum absolute atomic E-state index is 11.9. The molecule has 1 atom stereocenters. The van der Waals surface area contributed by atoms with Crippen LogP contribution in [0.25, 0.3) is 0 Å². The van der Waals surface area contributed by atoms with Crippen molar-refractivity contribution in [2.75, 3.05) is 7.05 Å². The molecule has 0 bridgehead atoms. The quantitative estimate of drug-likeness (QED) is 0.887. The minimum absolute atomic E-state index is 0.0462. The lowest BCUT2D eigenvalue weighted by Gasteiger charge is -2.26. The molecule has 2 nitrogen and oxygen atoms in total. The van der Waals surface area contributed by atoms with Crippen LogP contribution < -0.4 is 5.32 Å². The monoisotopic (exact) mass is 253 g/mol. The van der Waals surface area contributed by atoms with Gasteiger partial charge in [0, 0.05) is 5.92 Å². The number of Topliss-reactive ketones (excluding diaryl/α,β-unsaturated/α-hetero) is 1. The molecule has 0 saturated heterocycles. The summed E-state index contributed by atoms with van der Waals surface area (Å²) in [5, 5.41) is 3.15. The fourth-order valence-corrected chi connectivity index (χ4v) is 2.50. The minimum atomic E-state index is -0.204. The highest BCUT2D eigenvalue weighted by molar-refractivity contribution is 5.83. The molecule has 0 radical (unpaired) electrons. The van der Waals surface area contributed by atoms with E-state index in [1.807, 2.05) is 43.4 Å². The van der Waals surface area contributed by atoms with E-state index in [9.17, 15) is 4.79 Å². The predicted octanol–water partition coefficient (Wildman–Crippen LogP) is 3.00. The SMILES string of the molecule is CNC(C(C)=O)C(c1ccccc1)c1ccccc1. The number of rotatable bonds is 5. The van der Waals surface area contributed by atoms with Gasteiger partial charge in [-0.15, -0.1) is 0 Å². The Morgan fingerprint density at radius 2 is 1.32 bits per heavy atom. The molecule has 0 aliphatic rings. The van der Waals surface area contributed by atoms with Gasteiger partial charge in [0.1, 0.15) is 5.78 Å². The number of ketones is 1. The molecule has 0 aliphatic heterocycles. The van der Waals surface area contributed by atoms with E-state index in [1.54, 1.807) is 6.92 Å². The molecule has 1 unspecified atom stereocenters. The maximum atomic E-state index is 11.9. The number of carbonyl (C=O) groups excluding carboxylic acids is 1. The van der Waals surface area contributed by atoms with Crippen molar-refractivity contribution in [1.29, 1.82) is 0 Å². The minimum Gasteiger partial charge on any atom is -0.310 e. The number of nitrogens with one attached hydrogen (secondary N) is 1. The van der Waals surface area contributed by atoms with Crippen molar-refractivity contribution in [2.45, 2.75) is 18.9 Å². The molecule has 0 amide bonds. The van der Waals surface area contributed by atoms with Gasteiger partial charge < -0.3 is 5.32 Å². The molecule has 2 heteroatoms. The molecule has 2 aromatic carbocycles. The van der Waals surface area contributed by atoms with Crippen molar-refractivity contribution in [3.8, 4) is 0 Å². The molecule has 0 aromatic heterocycles. The number of benzene rings is 2. The topological polar surface area (TPSA) is 29.1 Å². The largest absolute Gasteiger partial charge is 0.310 e. The van der Waals surface area contributed by atoms with Gasteiger partial charge in [-0.05, 0) is 25.1 Å². The third-order valence-corrected chi connectivity index (χ3v) is 3.40. The van der Waals surface area contributed by atoms with Gasteiger partial charge in [0.15, 0.2) is 0 Å². The summed E-state index contributed by atoms with van der Waals surface area (Å²) in [7, 11) is 1.84. The maximum Gasteiger partial charge on any atom is 0.147 e. The Kier molecular flexibility index (Phi) is 4.48. The van der Waals surface area contributed by atoms with Gasteiger partial charge in [-0.3, -0.25) is 4.79 Å². The third kappa shape index (κ3) is 3.09. The van der Waals surface area contributed by atoms with Crippen LogP contribution in [-0.4, -0.2) is 18.9 Å². The van der Waals surface area contributed by atoms with Crippen molar-refractivity contribution in [1.82, 2.24) is 5.32 Å². The zero-order valence-electron chi connectivity index (χ0n) is 11.3. The first kappa shape index (κ1) is 13.5. The first-order chi connectivity index (χ1) is 9.24. The summed E-state index contributed by atoms with van der Waals surface area (Å²) < 4.78 is 0. The molecule has 0 heterocycles. The van der Waals surface area contributed by atoms with E-state index in [2.05, 4.69) is 29.6 Å². The van der Waals surface area contributed by atoms with E-state index in [0.717, 1.165) is 11.1 Å². The van der Waals surface area contributed by atoms with Crippen molar-refractivity contribution >= 4 is 5.78 Å². The zero-order valence-corrected chi connectivity index (χ0v) is 11.3. The summed E-state index contributed by atoms with van der Waals surface area (Å²) >= 11 is 0. The normalized spacial score (nSPS) is 12.4. The molecule has 1 N–H and O–H groups in total. The molecule has 0 saturated carbocycles. The summed E-state index contributed by atoms with van der Waals surface area (Å²) in [4.78, 5) is 11.9. The van der Waals surface area contributed by atoms with Gasteiger partial charge in [0.25, 0.3) is 0 Å². The highest BCUT2D eigenvalue weighted by atomic mass is 16.1. The Labute approximate surface area is 114 Å². The molecular weight excluding hydrogens is 234 g/mol. The van der Waals surface area contributed by atoms with Crippen LogP contribution in [0.2, 0.25) is 0 Å². The Morgan fingerprint density at radius 1 is 0.895 bits per heavy atom. The van der Waals surface area contributed by atoms with Gasteiger partial charge in [-0.1, -0.05) is 60.7 Å². The molecule has 19 heavy (non-hydrogen) atoms. The highest BCUT2D eigenvalue weighted by Crippen LogP contribution is 2.28. The summed E-state index contributed by atoms with van der Waals surface area (Å²) in [5.74, 6) is 0.199. The van der Waals surface area contributed by atoms with E-state index < -0.39 is 0 Å². The van der Waals surface area contributed by atoms with Crippen LogP contribution in [0.4, 0.5) is 0 Å². The number of carbonyl (C=O) groups is 1. The first-order valence-corrected chi connectivity index (χ1v) is 6.51. The second-order valence-corrected chi connectivity index (χ2v) is 4.68. The van der Waals surface area contributed by atoms with Gasteiger partial charge in [0.05, 0.1) is 6.04 Å². The molecule has 2 aromatic rings. The summed E-state index contributed by atoms with van der Waals surface area (Å²) in [5.41, 5.74) is 2.31. The average Bonchev–Trinajstić information content (AvgIpc) is 2.46. The van der Waals surface area contributed by atoms with Crippen LogP contribution >= 0.6 is 0 Å². The highest BCUT2D eigenvalue weighted by Gasteiger charge is 2.26. The van der Waals surface area contributed by atoms with Crippen LogP contribution in [0.5, 0.6) is 0 Å². The molecule has 98 valence electrons. The fraction of sp³-hybridized carbons (Fsp3) is 0.235. The van der Waals surface area contributed by atoms with Crippen molar-refractivity contribution in [2.24, 2.45) is 0 Å². The molecule has 0 fully saturated rings. The molecular formula is C17H19NO. The van der Waals surface area contributed by atoms with Gasteiger partial charge in [0.2, 0.25) is 0 Å². The number of likely N-dealkylation sites (N-methyl/N-ethyl adjacent to an activating group) is 1. The van der Waals surface area contributed by atoms with E-state index in [4.69, 9.17) is 0 Å². The predicted molar refractivity (Wildman–Crippen MR) is 78.3 cm³/mol. The van der Waals surface area contributed by atoms with Crippen LogP contribution in [0, 0.1) is 0 Å². The van der Waals surface area contributed by atoms with Crippen LogP contribution in [0.15, 0.2) is 60.7 Å². The third-order valence-electron chi connectivity index (χ3n) is 3.40. The first-order valence-electron chi connectivity index (χ1n) is 6.51. The van der Waals surface area contributed by atoms with E-state index in [1.165, 1.54) is 0 Å². The Morgan fingerprint density at radius 3 is 1.63 bits per heavy atom. The summed E-state index contributed by atoms with van der Waals surface area (Å²) in [6.45, 7) is 1.64. The second-order valence-electron chi connectivity index (χ2n) is 4.68. The average molecular weight is 253 g/mol. The Hall–Kier alpha value is -1.93. The summed E-state index contributed by atoms with van der Waals surface area (Å²) in [6, 6.07) is 20.1. The lowest BCUT2D eigenvalue weighted by molar-refractivity contribution is -0.119. The zero-order chi connectivity index (χ0) is 13.7. The van der Waals surface area contributed by atoms with Crippen LogP contribution in [-0.2, 0) is 4.79 Å². The lowest BCUT2D eigenvalue weighted by Crippen LogP contribution is -2.38. The van der Waals surface area contributed by atoms with Crippen molar-refractivity contribution < 1.29 is 4.79 Å². The molecule has 2 rings (SSSR count). The van der Waals surface area contributed by atoms with Crippen LogP contribution in [0.3, 0.4) is 0 Å². The Bertz CT molecular complexity index is 482. The van der Waals surface area contributed by atoms with E-state index >= 15 is 0 Å². The second kappa shape index (κ2) is 6.30. The van der Waals surface area contributed by atoms with Crippen molar-refractivity contribution in [3.05, 3.63) is 71.8 Å². The standard InChI is InChI=1S/C17H19NO/c1-13(19)17(18-2)16(14-9-5-3-6-10-14)15-11-7-4-8-12-15/h3-12,16-18H,1-2H3. The Balaban J connectivity index is 2.48. The molecule has 0 aliphatic carbocycles. The smallest absolute Gasteiger partial charge is 0.147 e. The van der Waals surface area contributed by atoms with E-state index in [0.29, 0.717) is 0 Å².